The fraction of sp³-hybridized carbons (Fsp3) is 0.357. The van der Waals surface area contributed by atoms with Crippen LogP contribution in [0.15, 0.2) is 29.2 Å². The maximum absolute atomic E-state index is 12.4. The highest BCUT2D eigenvalue weighted by Crippen LogP contribution is 2.25. The number of rotatable bonds is 4. The van der Waals surface area contributed by atoms with E-state index in [1.54, 1.807) is 26.1 Å². The Morgan fingerprint density at radius 2 is 1.81 bits per heavy atom. The first-order valence-electron chi connectivity index (χ1n) is 6.64. The number of anilines is 2. The first-order chi connectivity index (χ1) is 9.72. The van der Waals surface area contributed by atoms with Gasteiger partial charge in [-0.1, -0.05) is 26.0 Å². The van der Waals surface area contributed by atoms with E-state index in [0.29, 0.717) is 17.3 Å². The van der Waals surface area contributed by atoms with Crippen LogP contribution >= 0.6 is 0 Å². The van der Waals surface area contributed by atoms with Gasteiger partial charge in [0.05, 0.1) is 5.69 Å². The van der Waals surface area contributed by atoms with Crippen LogP contribution in [0.25, 0.3) is 0 Å². The number of benzene rings is 1. The van der Waals surface area contributed by atoms with Gasteiger partial charge < -0.3 is 5.73 Å². The maximum atomic E-state index is 12.4. The number of aryl methyl sites for hydroxylation is 1. The molecule has 0 saturated heterocycles. The van der Waals surface area contributed by atoms with Crippen molar-refractivity contribution in [1.29, 1.82) is 0 Å². The van der Waals surface area contributed by atoms with Crippen molar-refractivity contribution in [2.24, 2.45) is 7.05 Å². The van der Waals surface area contributed by atoms with Gasteiger partial charge in [0.1, 0.15) is 0 Å². The lowest BCUT2D eigenvalue weighted by atomic mass is 10.0. The van der Waals surface area contributed by atoms with Gasteiger partial charge in [-0.25, -0.2) is 8.42 Å². The zero-order valence-corrected chi connectivity index (χ0v) is 13.4. The number of nitrogens with zero attached hydrogens (tertiary/aromatic N) is 2. The van der Waals surface area contributed by atoms with Crippen molar-refractivity contribution in [1.82, 2.24) is 9.78 Å². The quantitative estimate of drug-likeness (QED) is 0.906. The summed E-state index contributed by atoms with van der Waals surface area (Å²) in [5, 5.41) is 3.93. The van der Waals surface area contributed by atoms with Crippen molar-refractivity contribution in [3.8, 4) is 0 Å². The van der Waals surface area contributed by atoms with Gasteiger partial charge in [0.25, 0.3) is 10.0 Å². The Balaban J connectivity index is 2.33. The zero-order valence-electron chi connectivity index (χ0n) is 12.6. The molecule has 0 saturated carbocycles. The van der Waals surface area contributed by atoms with Crippen molar-refractivity contribution < 1.29 is 8.42 Å². The average molecular weight is 308 g/mol. The fourth-order valence-electron chi connectivity index (χ4n) is 2.09. The Hall–Kier alpha value is -2.02. The lowest BCUT2D eigenvalue weighted by Gasteiger charge is -2.10. The summed E-state index contributed by atoms with van der Waals surface area (Å²) in [7, 11) is -2.09. The summed E-state index contributed by atoms with van der Waals surface area (Å²) >= 11 is 0. The topological polar surface area (TPSA) is 90.0 Å². The Kier molecular flexibility index (Phi) is 3.95. The summed E-state index contributed by atoms with van der Waals surface area (Å²) in [6.45, 7) is 5.83. The lowest BCUT2D eigenvalue weighted by Crippen LogP contribution is -2.15. The first-order valence-corrected chi connectivity index (χ1v) is 8.12. The van der Waals surface area contributed by atoms with Gasteiger partial charge in [-0.3, -0.25) is 9.40 Å². The molecule has 0 amide bonds. The summed E-state index contributed by atoms with van der Waals surface area (Å²) in [6.07, 6.45) is 0. The average Bonchev–Trinajstić information content (AvgIpc) is 2.63. The molecule has 114 valence electrons. The molecule has 3 N–H and O–H groups in total. The minimum absolute atomic E-state index is 0.00120. The molecule has 21 heavy (non-hydrogen) atoms. The molecule has 0 unspecified atom stereocenters. The third kappa shape index (κ3) is 3.02. The lowest BCUT2D eigenvalue weighted by molar-refractivity contribution is 0.600. The van der Waals surface area contributed by atoms with E-state index in [1.165, 1.54) is 4.68 Å². The summed E-state index contributed by atoms with van der Waals surface area (Å²) in [6, 6.07) is 7.30. The number of sulfonamides is 1. The van der Waals surface area contributed by atoms with Crippen LogP contribution in [0.4, 0.5) is 11.5 Å². The predicted molar refractivity (Wildman–Crippen MR) is 83.7 cm³/mol. The molecular formula is C14H20N4O2S. The monoisotopic (exact) mass is 308 g/mol. The molecule has 2 aromatic rings. The van der Waals surface area contributed by atoms with Gasteiger partial charge in [0.15, 0.2) is 10.7 Å². The Morgan fingerprint density at radius 3 is 2.24 bits per heavy atom. The van der Waals surface area contributed by atoms with Crippen LogP contribution in [0.2, 0.25) is 0 Å². The van der Waals surface area contributed by atoms with Crippen molar-refractivity contribution in [2.75, 3.05) is 10.5 Å². The highest BCUT2D eigenvalue weighted by molar-refractivity contribution is 7.93. The molecule has 0 bridgehead atoms. The second kappa shape index (κ2) is 5.40. The molecular weight excluding hydrogens is 288 g/mol. The number of hydrogen-bond donors (Lipinski definition) is 2. The molecule has 0 aliphatic carbocycles. The molecule has 7 heteroatoms. The number of aromatic nitrogens is 2. The molecule has 2 rings (SSSR count). The smallest absolute Gasteiger partial charge is 0.267 e. The van der Waals surface area contributed by atoms with Crippen LogP contribution in [0.5, 0.6) is 0 Å². The molecule has 1 aromatic heterocycles. The van der Waals surface area contributed by atoms with E-state index in [0.717, 1.165) is 5.56 Å². The van der Waals surface area contributed by atoms with E-state index in [4.69, 9.17) is 5.73 Å². The predicted octanol–water partition coefficient (Wildman–Crippen LogP) is 2.23. The Bertz CT molecular complexity index is 746. The van der Waals surface area contributed by atoms with E-state index < -0.39 is 10.0 Å². The SMILES string of the molecule is Cc1c(S(=O)(=O)Nc2ccc(C(C)C)cc2)c(N)nn1C. The second-order valence-corrected chi connectivity index (χ2v) is 6.92. The van der Waals surface area contributed by atoms with Gasteiger partial charge in [-0.15, -0.1) is 0 Å². The molecule has 0 fully saturated rings. The van der Waals surface area contributed by atoms with E-state index in [-0.39, 0.29) is 10.7 Å². The molecule has 0 spiro atoms. The molecule has 1 heterocycles. The van der Waals surface area contributed by atoms with E-state index >= 15 is 0 Å². The van der Waals surface area contributed by atoms with Crippen LogP contribution in [-0.2, 0) is 17.1 Å². The molecule has 0 aliphatic heterocycles. The van der Waals surface area contributed by atoms with Crippen molar-refractivity contribution >= 4 is 21.5 Å². The van der Waals surface area contributed by atoms with Crippen LogP contribution in [0, 0.1) is 6.92 Å². The molecule has 0 aliphatic rings. The number of nitrogen functional groups attached to an aromatic ring is 1. The number of nitrogens with one attached hydrogen (secondary N) is 1. The highest BCUT2D eigenvalue weighted by atomic mass is 32.2. The van der Waals surface area contributed by atoms with Crippen molar-refractivity contribution in [2.45, 2.75) is 31.6 Å². The number of nitrogens with two attached hydrogens (primary N) is 1. The van der Waals surface area contributed by atoms with E-state index in [2.05, 4.69) is 23.7 Å². The van der Waals surface area contributed by atoms with Gasteiger partial charge in [-0.2, -0.15) is 5.10 Å². The van der Waals surface area contributed by atoms with Gasteiger partial charge in [0, 0.05) is 12.7 Å². The minimum Gasteiger partial charge on any atom is -0.381 e. The van der Waals surface area contributed by atoms with Gasteiger partial charge >= 0.3 is 0 Å². The van der Waals surface area contributed by atoms with Gasteiger partial charge in [0.2, 0.25) is 0 Å². The van der Waals surface area contributed by atoms with Crippen molar-refractivity contribution in [3.05, 3.63) is 35.5 Å². The first kappa shape index (κ1) is 15.4. The minimum atomic E-state index is -3.75. The van der Waals surface area contributed by atoms with Gasteiger partial charge in [-0.05, 0) is 30.5 Å². The molecule has 1 aromatic carbocycles. The Labute approximate surface area is 125 Å². The van der Waals surface area contributed by atoms with E-state index in [1.807, 2.05) is 12.1 Å². The van der Waals surface area contributed by atoms with Crippen LogP contribution in [0.1, 0.15) is 31.0 Å². The standard InChI is InChI=1S/C14H20N4O2S/c1-9(2)11-5-7-12(8-6-11)17-21(19,20)13-10(3)18(4)16-14(13)15/h5-9,17H,1-4H3,(H2,15,16). The summed E-state index contributed by atoms with van der Waals surface area (Å²) in [5.41, 5.74) is 7.84. The molecule has 6 nitrogen and oxygen atoms in total. The largest absolute Gasteiger partial charge is 0.381 e. The third-order valence-electron chi connectivity index (χ3n) is 3.40. The maximum Gasteiger partial charge on any atom is 0.267 e. The van der Waals surface area contributed by atoms with Crippen molar-refractivity contribution in [3.63, 3.8) is 0 Å². The van der Waals surface area contributed by atoms with Crippen LogP contribution < -0.4 is 10.5 Å². The summed E-state index contributed by atoms with van der Waals surface area (Å²) < 4.78 is 28.8. The van der Waals surface area contributed by atoms with Crippen LogP contribution in [-0.4, -0.2) is 18.2 Å². The molecule has 0 atom stereocenters. The highest BCUT2D eigenvalue weighted by Gasteiger charge is 2.24. The fourth-order valence-corrected chi connectivity index (χ4v) is 3.47. The number of hydrogen-bond acceptors (Lipinski definition) is 4. The Morgan fingerprint density at radius 1 is 1.24 bits per heavy atom. The zero-order chi connectivity index (χ0) is 15.8. The second-order valence-electron chi connectivity index (χ2n) is 5.31. The normalized spacial score (nSPS) is 11.9. The molecule has 0 radical (unpaired) electrons. The third-order valence-corrected chi connectivity index (χ3v) is 4.95. The summed E-state index contributed by atoms with van der Waals surface area (Å²) in [5.74, 6) is 0.396. The van der Waals surface area contributed by atoms with Crippen LogP contribution in [0.3, 0.4) is 0 Å². The van der Waals surface area contributed by atoms with E-state index in [9.17, 15) is 8.42 Å². The summed E-state index contributed by atoms with van der Waals surface area (Å²) in [4.78, 5) is 0.0259.